The van der Waals surface area contributed by atoms with E-state index >= 15 is 0 Å². The first-order valence-electron chi connectivity index (χ1n) is 11.4. The first kappa shape index (κ1) is 24.0. The highest BCUT2D eigenvalue weighted by molar-refractivity contribution is 6.52. The van der Waals surface area contributed by atoms with Crippen molar-refractivity contribution in [3.63, 3.8) is 0 Å². The van der Waals surface area contributed by atoms with E-state index in [0.29, 0.717) is 39.2 Å². The zero-order valence-electron chi connectivity index (χ0n) is 19.5. The van der Waals surface area contributed by atoms with E-state index in [9.17, 15) is 14.7 Å². The molecule has 6 nitrogen and oxygen atoms in total. The topological polar surface area (TPSA) is 82.6 Å². The van der Waals surface area contributed by atoms with Crippen LogP contribution in [0.3, 0.4) is 0 Å². The van der Waals surface area contributed by atoms with Crippen LogP contribution in [-0.4, -0.2) is 28.4 Å². The van der Waals surface area contributed by atoms with Crippen molar-refractivity contribution in [1.29, 1.82) is 0 Å². The molecule has 1 aliphatic heterocycles. The van der Waals surface area contributed by atoms with Crippen molar-refractivity contribution in [3.05, 3.63) is 99.2 Å². The number of aromatic nitrogens is 1. The molecule has 8 heteroatoms. The molecule has 2 N–H and O–H groups in total. The molecule has 1 aliphatic rings. The number of nitrogens with one attached hydrogen (secondary N) is 1. The molecule has 4 aromatic rings. The van der Waals surface area contributed by atoms with Crippen molar-refractivity contribution < 1.29 is 19.4 Å². The number of ketones is 1. The Morgan fingerprint density at radius 2 is 1.83 bits per heavy atom. The Kier molecular flexibility index (Phi) is 6.24. The van der Waals surface area contributed by atoms with Gasteiger partial charge in [0.05, 0.1) is 23.2 Å². The minimum Gasteiger partial charge on any atom is -0.507 e. The third-order valence-corrected chi connectivity index (χ3v) is 7.02. The lowest BCUT2D eigenvalue weighted by Crippen LogP contribution is -2.29. The molecule has 1 amide bonds. The number of H-pyrrole nitrogens is 1. The normalized spacial score (nSPS) is 17.2. The minimum atomic E-state index is -0.897. The van der Waals surface area contributed by atoms with Crippen LogP contribution in [0.2, 0.25) is 10.0 Å². The second-order valence-corrected chi connectivity index (χ2v) is 9.28. The van der Waals surface area contributed by atoms with Crippen LogP contribution >= 0.6 is 23.2 Å². The Balaban J connectivity index is 1.76. The lowest BCUT2D eigenvalue weighted by Gasteiger charge is -2.25. The van der Waals surface area contributed by atoms with E-state index in [4.69, 9.17) is 27.9 Å². The molecule has 3 aromatic carbocycles. The van der Waals surface area contributed by atoms with E-state index in [1.165, 1.54) is 4.90 Å². The number of nitrogens with zero attached hydrogens (tertiary/aromatic N) is 1. The molecule has 0 radical (unpaired) electrons. The third-order valence-electron chi connectivity index (χ3n) is 6.30. The highest BCUT2D eigenvalue weighted by Crippen LogP contribution is 2.45. The van der Waals surface area contributed by atoms with Crippen molar-refractivity contribution in [2.24, 2.45) is 0 Å². The van der Waals surface area contributed by atoms with Gasteiger partial charge in [0.2, 0.25) is 0 Å². The van der Waals surface area contributed by atoms with Crippen molar-refractivity contribution in [3.8, 4) is 5.75 Å². The highest BCUT2D eigenvalue weighted by atomic mass is 35.5. The van der Waals surface area contributed by atoms with Gasteiger partial charge >= 0.3 is 0 Å². The van der Waals surface area contributed by atoms with Gasteiger partial charge in [-0.25, -0.2) is 0 Å². The molecule has 1 atom stereocenters. The minimum absolute atomic E-state index is 0.0359. The van der Waals surface area contributed by atoms with Crippen molar-refractivity contribution in [2.75, 3.05) is 11.5 Å². The van der Waals surface area contributed by atoms with Crippen LogP contribution in [0, 0.1) is 6.92 Å². The largest absolute Gasteiger partial charge is 0.507 e. The number of fused-ring (bicyclic) bond motifs is 1. The van der Waals surface area contributed by atoms with Gasteiger partial charge in [0, 0.05) is 38.9 Å². The third kappa shape index (κ3) is 3.92. The maximum Gasteiger partial charge on any atom is 0.300 e. The number of aliphatic hydroxyl groups is 1. The summed E-state index contributed by atoms with van der Waals surface area (Å²) in [6, 6.07) is 16.6. The summed E-state index contributed by atoms with van der Waals surface area (Å²) in [5.41, 5.74) is 3.07. The number of carbonyl (C=O) groups excluding carboxylic acids is 2. The molecule has 0 spiro atoms. The summed E-state index contributed by atoms with van der Waals surface area (Å²) in [6.07, 6.45) is 1.75. The zero-order valence-corrected chi connectivity index (χ0v) is 21.0. The second-order valence-electron chi connectivity index (χ2n) is 8.47. The number of Topliss-reactive ketones (excluding diaryl/α,β-unsaturated/α-hetero) is 1. The number of halogens is 2. The molecular formula is C28H22Cl2N2O4. The van der Waals surface area contributed by atoms with Gasteiger partial charge in [0.15, 0.2) is 0 Å². The van der Waals surface area contributed by atoms with Gasteiger partial charge in [-0.1, -0.05) is 47.5 Å². The number of aromatic amines is 1. The van der Waals surface area contributed by atoms with E-state index in [2.05, 4.69) is 4.98 Å². The van der Waals surface area contributed by atoms with Crippen LogP contribution in [-0.2, 0) is 9.59 Å². The number of aryl methyl sites for hydroxylation is 1. The Morgan fingerprint density at radius 1 is 1.06 bits per heavy atom. The lowest BCUT2D eigenvalue weighted by molar-refractivity contribution is -0.132. The fraction of sp³-hybridized carbons (Fsp3) is 0.143. The first-order valence-corrected chi connectivity index (χ1v) is 12.1. The molecular weight excluding hydrogens is 499 g/mol. The van der Waals surface area contributed by atoms with Gasteiger partial charge < -0.3 is 14.8 Å². The standard InChI is InChI=1S/C28H22Cl2N2O4/c1-3-36-23-12-16(9-11-20(23)29)26(33)24-25(19-14-31-22-7-5-4-6-18(19)22)32(28(35)27(24)34)17-10-8-15(2)21(30)13-17/h4-14,25,31,33H,3H2,1-2H3/b26-24+. The predicted octanol–water partition coefficient (Wildman–Crippen LogP) is 6.81. The van der Waals surface area contributed by atoms with Gasteiger partial charge in [-0.05, 0) is 55.8 Å². The number of ether oxygens (including phenoxy) is 1. The molecule has 36 heavy (non-hydrogen) atoms. The molecule has 0 aliphatic carbocycles. The smallest absolute Gasteiger partial charge is 0.300 e. The Bertz CT molecular complexity index is 1560. The SMILES string of the molecule is CCOc1cc(/C(O)=C2\C(=O)C(=O)N(c3ccc(C)c(Cl)c3)C2c2c[nH]c3ccccc23)ccc1Cl. The number of hydrogen-bond donors (Lipinski definition) is 2. The summed E-state index contributed by atoms with van der Waals surface area (Å²) in [5.74, 6) is -1.51. The van der Waals surface area contributed by atoms with Crippen LogP contribution in [0.1, 0.15) is 29.7 Å². The number of amides is 1. The molecule has 182 valence electrons. The summed E-state index contributed by atoms with van der Waals surface area (Å²) in [6.45, 7) is 4.05. The number of benzene rings is 3. The number of hydrogen-bond acceptors (Lipinski definition) is 4. The summed E-state index contributed by atoms with van der Waals surface area (Å²) < 4.78 is 5.56. The van der Waals surface area contributed by atoms with Gasteiger partial charge in [-0.15, -0.1) is 0 Å². The van der Waals surface area contributed by atoms with Crippen LogP contribution in [0.5, 0.6) is 5.75 Å². The first-order chi connectivity index (χ1) is 17.3. The number of rotatable bonds is 5. The van der Waals surface area contributed by atoms with Gasteiger partial charge in [-0.3, -0.25) is 14.5 Å². The molecule has 0 bridgehead atoms. The van der Waals surface area contributed by atoms with E-state index in [-0.39, 0.29) is 11.3 Å². The molecule has 1 unspecified atom stereocenters. The van der Waals surface area contributed by atoms with Gasteiger partial charge in [0.1, 0.15) is 11.5 Å². The van der Waals surface area contributed by atoms with E-state index in [1.54, 1.807) is 42.6 Å². The number of carbonyl (C=O) groups is 2. The number of aliphatic hydroxyl groups excluding tert-OH is 1. The van der Waals surface area contributed by atoms with Crippen LogP contribution < -0.4 is 9.64 Å². The number of anilines is 1. The molecule has 1 fully saturated rings. The Morgan fingerprint density at radius 3 is 2.58 bits per heavy atom. The van der Waals surface area contributed by atoms with Crippen molar-refractivity contribution in [1.82, 2.24) is 4.98 Å². The Labute approximate surface area is 217 Å². The molecule has 5 rings (SSSR count). The van der Waals surface area contributed by atoms with Crippen molar-refractivity contribution in [2.45, 2.75) is 19.9 Å². The monoisotopic (exact) mass is 520 g/mol. The maximum absolute atomic E-state index is 13.5. The van der Waals surface area contributed by atoms with Gasteiger partial charge in [-0.2, -0.15) is 0 Å². The second kappa shape index (κ2) is 9.37. The maximum atomic E-state index is 13.5. The zero-order chi connectivity index (χ0) is 25.6. The Hall–Kier alpha value is -3.74. The molecule has 0 saturated carbocycles. The fourth-order valence-corrected chi connectivity index (χ4v) is 4.86. The van der Waals surface area contributed by atoms with Crippen LogP contribution in [0.4, 0.5) is 5.69 Å². The average molecular weight is 521 g/mol. The number of para-hydroxylation sites is 1. The predicted molar refractivity (Wildman–Crippen MR) is 142 cm³/mol. The fourth-order valence-electron chi connectivity index (χ4n) is 4.52. The highest BCUT2D eigenvalue weighted by Gasteiger charge is 2.47. The lowest BCUT2D eigenvalue weighted by atomic mass is 9.94. The van der Waals surface area contributed by atoms with E-state index in [1.807, 2.05) is 38.1 Å². The average Bonchev–Trinajstić information content (AvgIpc) is 3.40. The summed E-state index contributed by atoms with van der Waals surface area (Å²) in [5, 5.41) is 13.1. The molecule has 1 saturated heterocycles. The van der Waals surface area contributed by atoms with E-state index in [0.717, 1.165) is 16.5 Å². The van der Waals surface area contributed by atoms with Crippen LogP contribution in [0.25, 0.3) is 16.7 Å². The summed E-state index contributed by atoms with van der Waals surface area (Å²) in [4.78, 5) is 31.5. The van der Waals surface area contributed by atoms with E-state index < -0.39 is 17.7 Å². The van der Waals surface area contributed by atoms with Gasteiger partial charge in [0.25, 0.3) is 11.7 Å². The quantitative estimate of drug-likeness (QED) is 0.172. The van der Waals surface area contributed by atoms with Crippen LogP contribution in [0.15, 0.2) is 72.4 Å². The van der Waals surface area contributed by atoms with Crippen molar-refractivity contribution >= 4 is 57.2 Å². The molecule has 2 heterocycles. The molecule has 1 aromatic heterocycles. The summed E-state index contributed by atoms with van der Waals surface area (Å²) >= 11 is 12.6. The summed E-state index contributed by atoms with van der Waals surface area (Å²) in [7, 11) is 0.